The van der Waals surface area contributed by atoms with Crippen LogP contribution in [0.15, 0.2) is 59.1 Å². The molecule has 0 unspecified atom stereocenters. The van der Waals surface area contributed by atoms with Crippen LogP contribution < -0.4 is 10.6 Å². The van der Waals surface area contributed by atoms with E-state index in [0.717, 1.165) is 27.2 Å². The summed E-state index contributed by atoms with van der Waals surface area (Å²) in [4.78, 5) is 17.6. The van der Waals surface area contributed by atoms with Crippen LogP contribution in [0, 0.1) is 6.92 Å². The molecule has 0 aliphatic heterocycles. The van der Waals surface area contributed by atoms with Crippen LogP contribution in [0.2, 0.25) is 4.47 Å². The second-order valence-electron chi connectivity index (χ2n) is 6.07. The van der Waals surface area contributed by atoms with Gasteiger partial charge in [0.05, 0.1) is 6.54 Å². The van der Waals surface area contributed by atoms with Crippen LogP contribution in [-0.4, -0.2) is 10.9 Å². The van der Waals surface area contributed by atoms with Gasteiger partial charge in [0, 0.05) is 27.8 Å². The number of aryl methyl sites for hydroxylation is 1. The second-order valence-corrected chi connectivity index (χ2v) is 7.76. The van der Waals surface area contributed by atoms with Gasteiger partial charge in [-0.05, 0) is 42.8 Å². The quantitative estimate of drug-likeness (QED) is 0.452. The number of hydrogen-bond acceptors (Lipinski definition) is 5. The first-order valence-corrected chi connectivity index (χ1v) is 9.52. The molecule has 5 nitrogen and oxygen atoms in total. The number of benzene rings is 2. The fourth-order valence-corrected chi connectivity index (χ4v) is 3.66. The van der Waals surface area contributed by atoms with E-state index < -0.39 is 0 Å². The summed E-state index contributed by atoms with van der Waals surface area (Å²) >= 11 is 7.29. The summed E-state index contributed by atoms with van der Waals surface area (Å²) in [5.41, 5.74) is 3.35. The highest BCUT2D eigenvalue weighted by Gasteiger charge is 2.13. The molecule has 0 saturated heterocycles. The summed E-state index contributed by atoms with van der Waals surface area (Å²) in [7, 11) is 0. The number of amides is 1. The molecule has 2 heterocycles. The number of carbonyl (C=O) groups excluding carboxylic acids is 1. The third-order valence-electron chi connectivity index (χ3n) is 4.12. The molecule has 2 N–H and O–H groups in total. The molecule has 1 amide bonds. The number of para-hydroxylation sites is 1. The highest BCUT2D eigenvalue weighted by atomic mass is 35.5. The Hall–Kier alpha value is -2.83. The molecular formula is C20H16ClN3O2S. The van der Waals surface area contributed by atoms with Crippen LogP contribution in [0.5, 0.6) is 0 Å². The number of nitrogens with one attached hydrogen (secondary N) is 2. The number of thiazole rings is 1. The molecular weight excluding hydrogens is 382 g/mol. The summed E-state index contributed by atoms with van der Waals surface area (Å²) in [5, 5.41) is 7.14. The van der Waals surface area contributed by atoms with Gasteiger partial charge in [0.15, 0.2) is 10.2 Å². The van der Waals surface area contributed by atoms with Crippen LogP contribution in [0.3, 0.4) is 0 Å². The fraction of sp³-hybridized carbons (Fsp3) is 0.100. The van der Waals surface area contributed by atoms with Crippen molar-refractivity contribution in [2.75, 3.05) is 10.6 Å². The molecule has 0 fully saturated rings. The Labute approximate surface area is 165 Å². The van der Waals surface area contributed by atoms with Crippen LogP contribution in [0.1, 0.15) is 21.0 Å². The summed E-state index contributed by atoms with van der Waals surface area (Å²) < 4.78 is 6.15. The number of aromatic nitrogens is 1. The second kappa shape index (κ2) is 7.42. The van der Waals surface area contributed by atoms with Crippen LogP contribution in [-0.2, 0) is 6.54 Å². The SMILES string of the molecule is Cc1cc(NCc2cnc(Cl)s2)ccc1NC(=O)c1cc2ccccc2o1. The van der Waals surface area contributed by atoms with E-state index >= 15 is 0 Å². The molecule has 0 atom stereocenters. The molecule has 2 aromatic carbocycles. The lowest BCUT2D eigenvalue weighted by molar-refractivity contribution is 0.0998. The van der Waals surface area contributed by atoms with Gasteiger partial charge in [0.1, 0.15) is 5.58 Å². The van der Waals surface area contributed by atoms with Crippen molar-refractivity contribution in [3.63, 3.8) is 0 Å². The van der Waals surface area contributed by atoms with Crippen molar-refractivity contribution < 1.29 is 9.21 Å². The molecule has 136 valence electrons. The van der Waals surface area contributed by atoms with Gasteiger partial charge < -0.3 is 15.1 Å². The Morgan fingerprint density at radius 2 is 2.07 bits per heavy atom. The topological polar surface area (TPSA) is 67.2 Å². The van der Waals surface area contributed by atoms with E-state index in [1.54, 1.807) is 12.3 Å². The predicted molar refractivity (Wildman–Crippen MR) is 110 cm³/mol. The van der Waals surface area contributed by atoms with E-state index in [1.807, 2.05) is 49.4 Å². The molecule has 0 aliphatic carbocycles. The Bertz CT molecular complexity index is 1090. The van der Waals surface area contributed by atoms with Crippen molar-refractivity contribution in [2.45, 2.75) is 13.5 Å². The van der Waals surface area contributed by atoms with Gasteiger partial charge in [0.25, 0.3) is 5.91 Å². The minimum Gasteiger partial charge on any atom is -0.451 e. The van der Waals surface area contributed by atoms with Gasteiger partial charge in [-0.25, -0.2) is 4.98 Å². The summed E-state index contributed by atoms with van der Waals surface area (Å²) in [6.45, 7) is 2.59. The van der Waals surface area contributed by atoms with Crippen molar-refractivity contribution in [1.29, 1.82) is 0 Å². The van der Waals surface area contributed by atoms with E-state index in [2.05, 4.69) is 15.6 Å². The van der Waals surface area contributed by atoms with Crippen molar-refractivity contribution in [3.05, 3.63) is 75.4 Å². The highest BCUT2D eigenvalue weighted by Crippen LogP contribution is 2.24. The summed E-state index contributed by atoms with van der Waals surface area (Å²) in [6, 6.07) is 15.1. The lowest BCUT2D eigenvalue weighted by atomic mass is 10.1. The van der Waals surface area contributed by atoms with Crippen LogP contribution >= 0.6 is 22.9 Å². The Morgan fingerprint density at radius 3 is 2.81 bits per heavy atom. The molecule has 4 aromatic rings. The van der Waals surface area contributed by atoms with Crippen molar-refractivity contribution >= 4 is 51.2 Å². The number of furan rings is 1. The van der Waals surface area contributed by atoms with Crippen molar-refractivity contribution in [2.24, 2.45) is 0 Å². The van der Waals surface area contributed by atoms with Gasteiger partial charge in [-0.3, -0.25) is 4.79 Å². The molecule has 0 bridgehead atoms. The number of fused-ring (bicyclic) bond motifs is 1. The lowest BCUT2D eigenvalue weighted by Crippen LogP contribution is -2.12. The average Bonchev–Trinajstić information content (AvgIpc) is 3.28. The van der Waals surface area contributed by atoms with E-state index in [-0.39, 0.29) is 5.91 Å². The maximum absolute atomic E-state index is 12.5. The Balaban J connectivity index is 1.44. The molecule has 0 radical (unpaired) electrons. The zero-order chi connectivity index (χ0) is 18.8. The molecule has 4 rings (SSSR count). The number of carbonyl (C=O) groups is 1. The third kappa shape index (κ3) is 3.97. The van der Waals surface area contributed by atoms with Crippen molar-refractivity contribution in [3.8, 4) is 0 Å². The third-order valence-corrected chi connectivity index (χ3v) is 5.23. The highest BCUT2D eigenvalue weighted by molar-refractivity contribution is 7.15. The zero-order valence-electron chi connectivity index (χ0n) is 14.5. The first-order chi connectivity index (χ1) is 13.1. The molecule has 0 spiro atoms. The minimum absolute atomic E-state index is 0.269. The zero-order valence-corrected chi connectivity index (χ0v) is 16.0. The number of anilines is 2. The normalized spacial score (nSPS) is 10.9. The van der Waals surface area contributed by atoms with E-state index in [4.69, 9.17) is 16.0 Å². The summed E-state index contributed by atoms with van der Waals surface area (Å²) in [5.74, 6) is 0.0224. The van der Waals surface area contributed by atoms with Gasteiger partial charge in [-0.15, -0.1) is 11.3 Å². The molecule has 0 aliphatic rings. The minimum atomic E-state index is -0.269. The van der Waals surface area contributed by atoms with E-state index in [1.165, 1.54) is 11.3 Å². The molecule has 0 saturated carbocycles. The lowest BCUT2D eigenvalue weighted by Gasteiger charge is -2.10. The van der Waals surface area contributed by atoms with Crippen LogP contribution in [0.4, 0.5) is 11.4 Å². The van der Waals surface area contributed by atoms with E-state index in [0.29, 0.717) is 22.4 Å². The van der Waals surface area contributed by atoms with Gasteiger partial charge >= 0.3 is 0 Å². The molecule has 27 heavy (non-hydrogen) atoms. The van der Waals surface area contributed by atoms with Gasteiger partial charge in [-0.2, -0.15) is 0 Å². The van der Waals surface area contributed by atoms with Gasteiger partial charge in [-0.1, -0.05) is 29.8 Å². The Morgan fingerprint density at radius 1 is 1.22 bits per heavy atom. The fourth-order valence-electron chi connectivity index (χ4n) is 2.75. The predicted octanol–water partition coefficient (Wildman–Crippen LogP) is 5.72. The standard InChI is InChI=1S/C20H16ClN3O2S/c1-12-8-14(22-10-15-11-23-20(21)27-15)6-7-16(12)24-19(25)18-9-13-4-2-3-5-17(13)26-18/h2-9,11,22H,10H2,1H3,(H,24,25). The van der Waals surface area contributed by atoms with Crippen molar-refractivity contribution in [1.82, 2.24) is 4.98 Å². The maximum Gasteiger partial charge on any atom is 0.291 e. The number of nitrogens with zero attached hydrogens (tertiary/aromatic N) is 1. The summed E-state index contributed by atoms with van der Waals surface area (Å²) in [6.07, 6.45) is 1.76. The number of halogens is 1. The Kier molecular flexibility index (Phi) is 4.83. The maximum atomic E-state index is 12.5. The van der Waals surface area contributed by atoms with Gasteiger partial charge in [0.2, 0.25) is 0 Å². The van der Waals surface area contributed by atoms with Crippen LogP contribution in [0.25, 0.3) is 11.0 Å². The monoisotopic (exact) mass is 397 g/mol. The van der Waals surface area contributed by atoms with E-state index in [9.17, 15) is 4.79 Å². The molecule has 7 heteroatoms. The largest absolute Gasteiger partial charge is 0.451 e. The molecule has 2 aromatic heterocycles. The first-order valence-electron chi connectivity index (χ1n) is 8.33. The first kappa shape index (κ1) is 17.6. The average molecular weight is 398 g/mol. The number of rotatable bonds is 5. The smallest absolute Gasteiger partial charge is 0.291 e. The number of hydrogen-bond donors (Lipinski definition) is 2.